The number of sulfonamides is 1. The topological polar surface area (TPSA) is 83.8 Å². The van der Waals surface area contributed by atoms with Gasteiger partial charge in [-0.05, 0) is 32.1 Å². The molecule has 124 valence electrons. The van der Waals surface area contributed by atoms with Crippen molar-refractivity contribution in [2.75, 3.05) is 0 Å². The number of benzene rings is 2. The first-order valence-corrected chi connectivity index (χ1v) is 8.62. The number of nitrogens with zero attached hydrogens (tertiary/aromatic N) is 1. The zero-order valence-corrected chi connectivity index (χ0v) is 14.1. The molecule has 24 heavy (non-hydrogen) atoms. The molecule has 0 aliphatic carbocycles. The summed E-state index contributed by atoms with van der Waals surface area (Å²) in [6, 6.07) is 14.9. The summed E-state index contributed by atoms with van der Waals surface area (Å²) in [6.45, 7) is 3.24. The second kappa shape index (κ2) is 7.23. The molecule has 0 fully saturated rings. The van der Waals surface area contributed by atoms with Gasteiger partial charge in [-0.25, -0.2) is 4.79 Å². The summed E-state index contributed by atoms with van der Waals surface area (Å²) in [6.07, 6.45) is 1.25. The number of allylic oxidation sites excluding steroid dienone is 1. The van der Waals surface area contributed by atoms with Gasteiger partial charge in [0, 0.05) is 11.1 Å². The van der Waals surface area contributed by atoms with Crippen molar-refractivity contribution in [3.05, 3.63) is 77.4 Å². The lowest BCUT2D eigenvalue weighted by molar-refractivity contribution is -0.132. The van der Waals surface area contributed by atoms with Gasteiger partial charge in [0.2, 0.25) is 0 Å². The largest absolute Gasteiger partial charge is 0.478 e. The predicted octanol–water partition coefficient (Wildman–Crippen LogP) is 3.20. The molecular weight excluding hydrogens is 326 g/mol. The van der Waals surface area contributed by atoms with E-state index >= 15 is 0 Å². The number of carboxylic acids is 1. The van der Waals surface area contributed by atoms with E-state index in [1.54, 1.807) is 42.5 Å². The highest BCUT2D eigenvalue weighted by molar-refractivity contribution is 7.90. The molecule has 2 aromatic carbocycles. The van der Waals surface area contributed by atoms with Crippen LogP contribution < -0.4 is 0 Å². The van der Waals surface area contributed by atoms with Crippen molar-refractivity contribution < 1.29 is 18.3 Å². The molecule has 0 heterocycles. The van der Waals surface area contributed by atoms with Gasteiger partial charge in [0.15, 0.2) is 0 Å². The summed E-state index contributed by atoms with van der Waals surface area (Å²) < 4.78 is 28.9. The average molecular weight is 343 g/mol. The molecule has 0 unspecified atom stereocenters. The number of aryl methyl sites for hydroxylation is 1. The normalized spacial score (nSPS) is 12.9. The second-order valence-corrected chi connectivity index (χ2v) is 6.87. The van der Waals surface area contributed by atoms with Crippen molar-refractivity contribution >= 4 is 21.7 Å². The molecule has 2 aromatic rings. The van der Waals surface area contributed by atoms with Gasteiger partial charge in [0.1, 0.15) is 0 Å². The van der Waals surface area contributed by atoms with Gasteiger partial charge < -0.3 is 5.11 Å². The van der Waals surface area contributed by atoms with Gasteiger partial charge in [-0.1, -0.05) is 48.0 Å². The third-order valence-electron chi connectivity index (χ3n) is 3.30. The Morgan fingerprint density at radius 3 is 2.17 bits per heavy atom. The Bertz CT molecular complexity index is 896. The van der Waals surface area contributed by atoms with E-state index in [0.29, 0.717) is 5.56 Å². The summed E-state index contributed by atoms with van der Waals surface area (Å²) in [5, 5.41) is 9.05. The van der Waals surface area contributed by atoms with Crippen LogP contribution >= 0.6 is 0 Å². The van der Waals surface area contributed by atoms with E-state index in [0.717, 1.165) is 5.56 Å². The lowest BCUT2D eigenvalue weighted by Gasteiger charge is -2.05. The fourth-order valence-corrected chi connectivity index (χ4v) is 2.93. The smallest absolute Gasteiger partial charge is 0.331 e. The minimum absolute atomic E-state index is 0.00305. The molecular formula is C18H17NO4S. The molecule has 2 rings (SSSR count). The molecule has 0 amide bonds. The summed E-state index contributed by atoms with van der Waals surface area (Å²) >= 11 is 0. The Morgan fingerprint density at radius 1 is 1.04 bits per heavy atom. The number of hydrogen-bond donors (Lipinski definition) is 1. The number of aliphatic carboxylic acids is 1. The van der Waals surface area contributed by atoms with E-state index in [1.165, 1.54) is 25.1 Å². The van der Waals surface area contributed by atoms with Crippen molar-refractivity contribution in [1.29, 1.82) is 0 Å². The molecule has 0 radical (unpaired) electrons. The fourth-order valence-electron chi connectivity index (χ4n) is 1.93. The van der Waals surface area contributed by atoms with Crippen LogP contribution in [0, 0.1) is 6.92 Å². The Morgan fingerprint density at radius 2 is 1.62 bits per heavy atom. The Kier molecular flexibility index (Phi) is 5.31. The molecule has 6 heteroatoms. The molecule has 0 saturated carbocycles. The van der Waals surface area contributed by atoms with E-state index < -0.39 is 16.0 Å². The van der Waals surface area contributed by atoms with Crippen molar-refractivity contribution in [3.63, 3.8) is 0 Å². The maximum Gasteiger partial charge on any atom is 0.331 e. The van der Waals surface area contributed by atoms with E-state index in [1.807, 2.05) is 6.92 Å². The van der Waals surface area contributed by atoms with Gasteiger partial charge in [-0.15, -0.1) is 0 Å². The van der Waals surface area contributed by atoms with Crippen LogP contribution in [0.3, 0.4) is 0 Å². The molecule has 0 aliphatic heterocycles. The zero-order valence-electron chi connectivity index (χ0n) is 13.3. The number of carbonyl (C=O) groups is 1. The van der Waals surface area contributed by atoms with E-state index in [-0.39, 0.29) is 16.2 Å². The summed E-state index contributed by atoms with van der Waals surface area (Å²) in [5.74, 6) is -1.13. The Hall–Kier alpha value is -2.73. The van der Waals surface area contributed by atoms with Crippen molar-refractivity contribution in [1.82, 2.24) is 0 Å². The fraction of sp³-hybridized carbons (Fsp3) is 0.111. The molecule has 0 atom stereocenters. The van der Waals surface area contributed by atoms with Gasteiger partial charge >= 0.3 is 5.97 Å². The van der Waals surface area contributed by atoms with Crippen LogP contribution in [0.1, 0.15) is 18.1 Å². The molecule has 0 aromatic heterocycles. The first-order valence-electron chi connectivity index (χ1n) is 7.18. The third kappa shape index (κ3) is 4.39. The zero-order chi connectivity index (χ0) is 17.7. The highest BCUT2D eigenvalue weighted by atomic mass is 32.2. The maximum atomic E-state index is 12.5. The standard InChI is InChI=1S/C18H17NO4S/c1-13-8-10-16(11-9-13)24(22,23)19-17(12-14(2)18(20)21)15-6-4-3-5-7-15/h3-12H,1-2H3,(H,20,21)/b14-12+,19-17-. The van der Waals surface area contributed by atoms with Crippen LogP contribution in [0.2, 0.25) is 0 Å². The monoisotopic (exact) mass is 343 g/mol. The molecule has 0 saturated heterocycles. The quantitative estimate of drug-likeness (QED) is 0.667. The highest BCUT2D eigenvalue weighted by Crippen LogP contribution is 2.16. The van der Waals surface area contributed by atoms with E-state index in [9.17, 15) is 13.2 Å². The number of hydrogen-bond acceptors (Lipinski definition) is 3. The molecule has 5 nitrogen and oxygen atoms in total. The third-order valence-corrected chi connectivity index (χ3v) is 4.60. The van der Waals surface area contributed by atoms with Crippen LogP contribution in [-0.2, 0) is 14.8 Å². The first kappa shape index (κ1) is 17.6. The van der Waals surface area contributed by atoms with E-state index in [2.05, 4.69) is 4.40 Å². The number of carboxylic acid groups (broad SMARTS) is 1. The van der Waals surface area contributed by atoms with Gasteiger partial charge in [-0.2, -0.15) is 12.8 Å². The van der Waals surface area contributed by atoms with Gasteiger partial charge in [0.25, 0.3) is 10.0 Å². The van der Waals surface area contributed by atoms with Crippen LogP contribution in [0.4, 0.5) is 0 Å². The van der Waals surface area contributed by atoms with E-state index in [4.69, 9.17) is 5.11 Å². The van der Waals surface area contributed by atoms with Crippen LogP contribution in [0.15, 0.2) is 75.5 Å². The maximum absolute atomic E-state index is 12.5. The molecule has 0 aliphatic rings. The lowest BCUT2D eigenvalue weighted by atomic mass is 10.1. The van der Waals surface area contributed by atoms with Crippen LogP contribution in [0.5, 0.6) is 0 Å². The van der Waals surface area contributed by atoms with Crippen molar-refractivity contribution in [2.24, 2.45) is 4.40 Å². The molecule has 0 spiro atoms. The van der Waals surface area contributed by atoms with Crippen molar-refractivity contribution in [2.45, 2.75) is 18.7 Å². The van der Waals surface area contributed by atoms with Crippen molar-refractivity contribution in [3.8, 4) is 0 Å². The van der Waals surface area contributed by atoms with Crippen LogP contribution in [-0.4, -0.2) is 25.2 Å². The van der Waals surface area contributed by atoms with Gasteiger partial charge in [-0.3, -0.25) is 0 Å². The minimum Gasteiger partial charge on any atom is -0.478 e. The summed E-state index contributed by atoms with van der Waals surface area (Å²) in [4.78, 5) is 11.1. The Balaban J connectivity index is 2.58. The lowest BCUT2D eigenvalue weighted by Crippen LogP contribution is -2.07. The highest BCUT2D eigenvalue weighted by Gasteiger charge is 2.15. The summed E-state index contributed by atoms with van der Waals surface area (Å²) in [5.41, 5.74) is 1.53. The minimum atomic E-state index is -3.95. The number of rotatable bonds is 5. The average Bonchev–Trinajstić information content (AvgIpc) is 2.55. The summed E-state index contributed by atoms with van der Waals surface area (Å²) in [7, 11) is -3.95. The SMILES string of the molecule is C/C(=C\C(=N\S(=O)(=O)c1ccc(C)cc1)c1ccccc1)C(=O)O. The Labute approximate surface area is 141 Å². The van der Waals surface area contributed by atoms with Gasteiger partial charge in [0.05, 0.1) is 10.6 Å². The predicted molar refractivity (Wildman–Crippen MR) is 92.7 cm³/mol. The molecule has 0 bridgehead atoms. The second-order valence-electron chi connectivity index (χ2n) is 5.26. The first-order chi connectivity index (χ1) is 11.3. The molecule has 1 N–H and O–H groups in total. The van der Waals surface area contributed by atoms with Crippen LogP contribution in [0.25, 0.3) is 0 Å².